The molecule has 3 rings (SSSR count). The van der Waals surface area contributed by atoms with Crippen LogP contribution >= 0.6 is 0 Å². The summed E-state index contributed by atoms with van der Waals surface area (Å²) in [4.78, 5) is 19.0. The number of hydrogen-bond donors (Lipinski definition) is 1. The van der Waals surface area contributed by atoms with Gasteiger partial charge in [-0.15, -0.1) is 0 Å². The maximum atomic E-state index is 13.3. The third-order valence-electron chi connectivity index (χ3n) is 4.75. The number of likely N-dealkylation sites (tertiary alicyclic amines) is 1. The fourth-order valence-corrected chi connectivity index (χ4v) is 3.29. The molecular weight excluding hydrogens is 317 g/mol. The lowest BCUT2D eigenvalue weighted by Crippen LogP contribution is -2.40. The molecule has 4 nitrogen and oxygen atoms in total. The van der Waals surface area contributed by atoms with Crippen LogP contribution in [-0.2, 0) is 0 Å². The second-order valence-corrected chi connectivity index (χ2v) is 6.55. The van der Waals surface area contributed by atoms with Gasteiger partial charge in [-0.1, -0.05) is 19.1 Å². The number of nitrogens with zero attached hydrogens (tertiary/aromatic N) is 2. The van der Waals surface area contributed by atoms with Crippen molar-refractivity contribution in [2.45, 2.75) is 19.8 Å². The number of aromatic nitrogens is 1. The van der Waals surface area contributed by atoms with Crippen molar-refractivity contribution < 1.29 is 9.18 Å². The van der Waals surface area contributed by atoms with Gasteiger partial charge in [0.15, 0.2) is 0 Å². The van der Waals surface area contributed by atoms with Gasteiger partial charge in [-0.3, -0.25) is 9.78 Å². The number of halogens is 1. The van der Waals surface area contributed by atoms with Crippen LogP contribution in [0.5, 0.6) is 0 Å². The summed E-state index contributed by atoms with van der Waals surface area (Å²) < 4.78 is 13.3. The molecule has 0 aliphatic carbocycles. The molecule has 1 atom stereocenters. The van der Waals surface area contributed by atoms with Gasteiger partial charge in [0.1, 0.15) is 5.82 Å². The first-order chi connectivity index (χ1) is 12.2. The third-order valence-corrected chi connectivity index (χ3v) is 4.75. The van der Waals surface area contributed by atoms with Crippen LogP contribution in [-0.4, -0.2) is 42.0 Å². The van der Waals surface area contributed by atoms with Crippen molar-refractivity contribution >= 4 is 5.91 Å². The van der Waals surface area contributed by atoms with Crippen LogP contribution < -0.4 is 5.32 Å². The summed E-state index contributed by atoms with van der Waals surface area (Å²) in [7, 11) is 0. The molecule has 1 unspecified atom stereocenters. The zero-order valence-electron chi connectivity index (χ0n) is 14.5. The number of rotatable bonds is 5. The summed E-state index contributed by atoms with van der Waals surface area (Å²) in [6.45, 7) is 6.14. The predicted octanol–water partition coefficient (Wildman–Crippen LogP) is 3.35. The number of pyridine rings is 1. The average molecular weight is 341 g/mol. The number of carbonyl (C=O) groups excluding carboxylic acids is 1. The van der Waals surface area contributed by atoms with Crippen molar-refractivity contribution in [1.82, 2.24) is 15.2 Å². The Bertz CT molecular complexity index is 717. The third kappa shape index (κ3) is 4.63. The highest BCUT2D eigenvalue weighted by molar-refractivity contribution is 5.94. The molecule has 132 valence electrons. The van der Waals surface area contributed by atoms with Gasteiger partial charge in [-0.25, -0.2) is 4.39 Å². The van der Waals surface area contributed by atoms with Crippen molar-refractivity contribution in [3.63, 3.8) is 0 Å². The van der Waals surface area contributed by atoms with E-state index in [1.807, 2.05) is 0 Å². The highest BCUT2D eigenvalue weighted by Gasteiger charge is 2.19. The van der Waals surface area contributed by atoms with Gasteiger partial charge in [0.25, 0.3) is 5.91 Å². The molecule has 1 N–H and O–H groups in total. The van der Waals surface area contributed by atoms with Crippen molar-refractivity contribution in [2.24, 2.45) is 5.92 Å². The number of nitrogens with one attached hydrogen (secondary N) is 1. The number of hydrogen-bond acceptors (Lipinski definition) is 3. The minimum Gasteiger partial charge on any atom is -0.352 e. The van der Waals surface area contributed by atoms with E-state index in [4.69, 9.17) is 0 Å². The number of carbonyl (C=O) groups is 1. The molecule has 5 heteroatoms. The van der Waals surface area contributed by atoms with Gasteiger partial charge < -0.3 is 10.2 Å². The molecule has 1 saturated heterocycles. The minimum absolute atomic E-state index is 0.105. The first-order valence-corrected chi connectivity index (χ1v) is 8.88. The Hall–Kier alpha value is -2.27. The van der Waals surface area contributed by atoms with Crippen molar-refractivity contribution in [1.29, 1.82) is 0 Å². The van der Waals surface area contributed by atoms with Crippen LogP contribution in [0.3, 0.4) is 0 Å². The van der Waals surface area contributed by atoms with Crippen molar-refractivity contribution in [3.05, 3.63) is 54.0 Å². The van der Waals surface area contributed by atoms with Crippen LogP contribution in [0.25, 0.3) is 11.3 Å². The molecule has 1 aliphatic rings. The summed E-state index contributed by atoms with van der Waals surface area (Å²) in [6.07, 6.45) is 3.90. The second kappa shape index (κ2) is 8.21. The Morgan fingerprint density at radius 1 is 1.36 bits per heavy atom. The molecule has 0 bridgehead atoms. The van der Waals surface area contributed by atoms with Gasteiger partial charge in [0, 0.05) is 24.8 Å². The standard InChI is InChI=1S/C20H24FN3O/c1-2-24-10-4-5-15(14-24)12-23-20(25)17-8-9-19(22-13-17)16-6-3-7-18(21)11-16/h3,6-9,11,13,15H,2,4-5,10,12,14H2,1H3,(H,23,25). The lowest BCUT2D eigenvalue weighted by atomic mass is 9.98. The van der Waals surface area contributed by atoms with E-state index in [2.05, 4.69) is 22.1 Å². The lowest BCUT2D eigenvalue weighted by Gasteiger charge is -2.31. The highest BCUT2D eigenvalue weighted by atomic mass is 19.1. The first kappa shape index (κ1) is 17.5. The molecular formula is C20H24FN3O. The Labute approximate surface area is 148 Å². The molecule has 1 aromatic heterocycles. The van der Waals surface area contributed by atoms with E-state index in [0.717, 1.165) is 26.1 Å². The zero-order chi connectivity index (χ0) is 17.6. The lowest BCUT2D eigenvalue weighted by molar-refractivity contribution is 0.0933. The average Bonchev–Trinajstić information content (AvgIpc) is 2.66. The Morgan fingerprint density at radius 3 is 2.96 bits per heavy atom. The molecule has 1 fully saturated rings. The van der Waals surface area contributed by atoms with E-state index in [1.54, 1.807) is 30.5 Å². The Balaban J connectivity index is 1.57. The Morgan fingerprint density at radius 2 is 2.24 bits per heavy atom. The van der Waals surface area contributed by atoms with E-state index in [-0.39, 0.29) is 11.7 Å². The normalized spacial score (nSPS) is 18.1. The molecule has 0 radical (unpaired) electrons. The maximum Gasteiger partial charge on any atom is 0.252 e. The number of amides is 1. The van der Waals surface area contributed by atoms with Gasteiger partial charge in [-0.2, -0.15) is 0 Å². The van der Waals surface area contributed by atoms with Gasteiger partial charge >= 0.3 is 0 Å². The van der Waals surface area contributed by atoms with Gasteiger partial charge in [-0.05, 0) is 56.1 Å². The first-order valence-electron chi connectivity index (χ1n) is 8.88. The predicted molar refractivity (Wildman–Crippen MR) is 96.8 cm³/mol. The van der Waals surface area contributed by atoms with E-state index in [1.165, 1.54) is 18.6 Å². The topological polar surface area (TPSA) is 45.2 Å². The monoisotopic (exact) mass is 341 g/mol. The minimum atomic E-state index is -0.297. The van der Waals surface area contributed by atoms with Crippen LogP contribution in [0, 0.1) is 11.7 Å². The SMILES string of the molecule is CCN1CCCC(CNC(=O)c2ccc(-c3cccc(F)c3)nc2)C1. The number of piperidine rings is 1. The summed E-state index contributed by atoms with van der Waals surface area (Å²) in [5, 5.41) is 3.02. The summed E-state index contributed by atoms with van der Waals surface area (Å²) in [6, 6.07) is 9.77. The molecule has 2 heterocycles. The number of benzene rings is 1. The van der Waals surface area contributed by atoms with E-state index >= 15 is 0 Å². The zero-order valence-corrected chi connectivity index (χ0v) is 14.5. The second-order valence-electron chi connectivity index (χ2n) is 6.55. The van der Waals surface area contributed by atoms with Crippen LogP contribution in [0.1, 0.15) is 30.1 Å². The summed E-state index contributed by atoms with van der Waals surface area (Å²) >= 11 is 0. The fraction of sp³-hybridized carbons (Fsp3) is 0.400. The molecule has 1 amide bonds. The van der Waals surface area contributed by atoms with Crippen molar-refractivity contribution in [3.8, 4) is 11.3 Å². The van der Waals surface area contributed by atoms with Crippen molar-refractivity contribution in [2.75, 3.05) is 26.2 Å². The fourth-order valence-electron chi connectivity index (χ4n) is 3.29. The largest absolute Gasteiger partial charge is 0.352 e. The van der Waals surface area contributed by atoms with E-state index < -0.39 is 0 Å². The molecule has 1 aromatic carbocycles. The van der Waals surface area contributed by atoms with Crippen LogP contribution in [0.4, 0.5) is 4.39 Å². The molecule has 0 spiro atoms. The van der Waals surface area contributed by atoms with E-state index in [0.29, 0.717) is 29.3 Å². The highest BCUT2D eigenvalue weighted by Crippen LogP contribution is 2.18. The molecule has 1 aliphatic heterocycles. The molecule has 2 aromatic rings. The summed E-state index contributed by atoms with van der Waals surface area (Å²) in [5.74, 6) is 0.110. The maximum absolute atomic E-state index is 13.3. The molecule has 25 heavy (non-hydrogen) atoms. The van der Waals surface area contributed by atoms with Gasteiger partial charge in [0.05, 0.1) is 11.3 Å². The summed E-state index contributed by atoms with van der Waals surface area (Å²) in [5.41, 5.74) is 1.89. The quantitative estimate of drug-likeness (QED) is 0.907. The van der Waals surface area contributed by atoms with Crippen LogP contribution in [0.15, 0.2) is 42.6 Å². The molecule has 0 saturated carbocycles. The smallest absolute Gasteiger partial charge is 0.252 e. The van der Waals surface area contributed by atoms with Crippen LogP contribution in [0.2, 0.25) is 0 Å². The van der Waals surface area contributed by atoms with Gasteiger partial charge in [0.2, 0.25) is 0 Å². The van der Waals surface area contributed by atoms with E-state index in [9.17, 15) is 9.18 Å². The Kier molecular flexibility index (Phi) is 5.76.